The molecule has 1 aliphatic carbocycles. The van der Waals surface area contributed by atoms with Crippen molar-refractivity contribution in [2.75, 3.05) is 0 Å². The van der Waals surface area contributed by atoms with Crippen molar-refractivity contribution in [3.8, 4) is 0 Å². The Kier molecular flexibility index (Phi) is 6.47. The lowest BCUT2D eigenvalue weighted by molar-refractivity contribution is 0.103. The number of allylic oxidation sites excluding steroid dienone is 8. The molecule has 0 N–H and O–H groups in total. The van der Waals surface area contributed by atoms with Crippen molar-refractivity contribution in [1.29, 1.82) is 0 Å². The van der Waals surface area contributed by atoms with Crippen LogP contribution in [0.15, 0.2) is 76.1 Å². The number of Topliss-reactive ketones (excluding diaryl/α,β-unsaturated/α-hetero) is 1. The van der Waals surface area contributed by atoms with Gasteiger partial charge < -0.3 is 0 Å². The average molecular weight is 310 g/mol. The molecular weight excluding hydrogens is 288 g/mol. The molecule has 0 fully saturated rings. The van der Waals surface area contributed by atoms with Gasteiger partial charge in [-0.25, -0.2) is 0 Å². The minimum atomic E-state index is 0.154. The summed E-state index contributed by atoms with van der Waals surface area (Å²) < 4.78 is 0. The van der Waals surface area contributed by atoms with Crippen LogP contribution in [0, 0.1) is 0 Å². The van der Waals surface area contributed by atoms with Crippen molar-refractivity contribution in [1.82, 2.24) is 0 Å². The van der Waals surface area contributed by atoms with Crippen LogP contribution in [0.1, 0.15) is 43.5 Å². The normalized spacial score (nSPS) is 15.2. The predicted octanol–water partition coefficient (Wildman–Crippen LogP) is 6.11. The van der Waals surface area contributed by atoms with Crippen LogP contribution < -0.4 is 0 Å². The van der Waals surface area contributed by atoms with Crippen LogP contribution in [0.25, 0.3) is 0 Å². The second-order valence-corrected chi connectivity index (χ2v) is 6.31. The highest BCUT2D eigenvalue weighted by Crippen LogP contribution is 2.29. The van der Waals surface area contributed by atoms with Crippen LogP contribution >= 0.6 is 11.8 Å². The summed E-state index contributed by atoms with van der Waals surface area (Å²) in [5.74, 6) is 0.154. The molecule has 0 aliphatic heterocycles. The van der Waals surface area contributed by atoms with Crippen molar-refractivity contribution in [2.24, 2.45) is 0 Å². The van der Waals surface area contributed by atoms with Gasteiger partial charge in [-0.05, 0) is 55.4 Å². The monoisotopic (exact) mass is 310 g/mol. The van der Waals surface area contributed by atoms with Gasteiger partial charge in [-0.1, -0.05) is 55.1 Å². The molecule has 0 spiro atoms. The molecular formula is C20H22OS. The van der Waals surface area contributed by atoms with Crippen molar-refractivity contribution in [3.63, 3.8) is 0 Å². The third-order valence-corrected chi connectivity index (χ3v) is 4.68. The molecule has 0 bridgehead atoms. The molecule has 0 unspecified atom stereocenters. The molecule has 0 heterocycles. The van der Waals surface area contributed by atoms with E-state index in [1.807, 2.05) is 43.3 Å². The van der Waals surface area contributed by atoms with Crippen LogP contribution in [0.2, 0.25) is 0 Å². The summed E-state index contributed by atoms with van der Waals surface area (Å²) in [6.07, 6.45) is 15.1. The molecule has 2 heteroatoms. The fraction of sp³-hybridized carbons (Fsp3) is 0.250. The second-order valence-electron chi connectivity index (χ2n) is 5.11. The number of rotatable bonds is 6. The number of ketones is 1. The lowest BCUT2D eigenvalue weighted by Crippen LogP contribution is -2.04. The molecule has 0 radical (unpaired) electrons. The summed E-state index contributed by atoms with van der Waals surface area (Å²) in [7, 11) is 0. The third kappa shape index (κ3) is 4.60. The van der Waals surface area contributed by atoms with E-state index in [9.17, 15) is 4.79 Å². The van der Waals surface area contributed by atoms with Gasteiger partial charge in [0, 0.05) is 16.0 Å². The maximum atomic E-state index is 12.4. The maximum absolute atomic E-state index is 12.4. The second kappa shape index (κ2) is 8.60. The largest absolute Gasteiger partial charge is 0.289 e. The zero-order valence-corrected chi connectivity index (χ0v) is 14.0. The molecule has 1 nitrogen and oxygen atoms in total. The highest BCUT2D eigenvalue weighted by atomic mass is 32.2. The molecule has 0 amide bonds. The highest BCUT2D eigenvalue weighted by Gasteiger charge is 2.12. The Balaban J connectivity index is 2.07. The van der Waals surface area contributed by atoms with Crippen molar-refractivity contribution in [2.45, 2.75) is 38.0 Å². The fourth-order valence-corrected chi connectivity index (χ4v) is 3.09. The third-order valence-electron chi connectivity index (χ3n) is 3.48. The van der Waals surface area contributed by atoms with E-state index in [-0.39, 0.29) is 5.78 Å². The topological polar surface area (TPSA) is 17.1 Å². The van der Waals surface area contributed by atoms with E-state index in [2.05, 4.69) is 31.2 Å². The molecule has 0 saturated carbocycles. The molecule has 2 rings (SSSR count). The Hall–Kier alpha value is -1.80. The van der Waals surface area contributed by atoms with Gasteiger partial charge in [-0.3, -0.25) is 4.79 Å². The number of hydrogen-bond acceptors (Lipinski definition) is 2. The first kappa shape index (κ1) is 16.6. The lowest BCUT2D eigenvalue weighted by atomic mass is 9.97. The smallest absolute Gasteiger partial charge is 0.189 e. The average Bonchev–Trinajstić information content (AvgIpc) is 2.59. The van der Waals surface area contributed by atoms with Gasteiger partial charge in [0.2, 0.25) is 0 Å². The number of carbonyl (C=O) groups is 1. The minimum absolute atomic E-state index is 0.154. The van der Waals surface area contributed by atoms with E-state index < -0.39 is 0 Å². The van der Waals surface area contributed by atoms with E-state index in [1.54, 1.807) is 11.8 Å². The zero-order chi connectivity index (χ0) is 15.8. The predicted molar refractivity (Wildman–Crippen MR) is 96.3 cm³/mol. The first-order valence-electron chi connectivity index (χ1n) is 7.73. The van der Waals surface area contributed by atoms with E-state index in [0.717, 1.165) is 30.4 Å². The van der Waals surface area contributed by atoms with Gasteiger partial charge >= 0.3 is 0 Å². The summed E-state index contributed by atoms with van der Waals surface area (Å²) >= 11 is 1.76. The number of carbonyl (C=O) groups excluding carboxylic acids is 1. The molecule has 0 atom stereocenters. The van der Waals surface area contributed by atoms with Crippen LogP contribution in [0.3, 0.4) is 0 Å². The summed E-state index contributed by atoms with van der Waals surface area (Å²) in [5, 5.41) is 0. The van der Waals surface area contributed by atoms with Crippen LogP contribution in [0.5, 0.6) is 0 Å². The first-order valence-corrected chi connectivity index (χ1v) is 8.54. The van der Waals surface area contributed by atoms with E-state index in [0.29, 0.717) is 0 Å². The quantitative estimate of drug-likeness (QED) is 0.273. The molecule has 22 heavy (non-hydrogen) atoms. The minimum Gasteiger partial charge on any atom is -0.289 e. The number of hydrogen-bond donors (Lipinski definition) is 0. The molecule has 0 aromatic heterocycles. The Morgan fingerprint density at radius 1 is 1.23 bits per heavy atom. The van der Waals surface area contributed by atoms with Crippen LogP contribution in [0.4, 0.5) is 0 Å². The summed E-state index contributed by atoms with van der Waals surface area (Å²) in [6, 6.07) is 7.95. The molecule has 1 aromatic rings. The molecule has 114 valence electrons. The Labute approximate surface area is 137 Å². The van der Waals surface area contributed by atoms with E-state index in [1.165, 1.54) is 9.80 Å². The van der Waals surface area contributed by atoms with Gasteiger partial charge in [0.25, 0.3) is 0 Å². The first-order chi connectivity index (χ1) is 10.7. The van der Waals surface area contributed by atoms with Gasteiger partial charge in [-0.2, -0.15) is 0 Å². The van der Waals surface area contributed by atoms with Gasteiger partial charge in [0.15, 0.2) is 5.78 Å². The van der Waals surface area contributed by atoms with Crippen LogP contribution in [-0.2, 0) is 0 Å². The van der Waals surface area contributed by atoms with E-state index >= 15 is 0 Å². The van der Waals surface area contributed by atoms with Crippen LogP contribution in [-0.4, -0.2) is 5.78 Å². The Morgan fingerprint density at radius 2 is 2.00 bits per heavy atom. The highest BCUT2D eigenvalue weighted by molar-refractivity contribution is 8.03. The van der Waals surface area contributed by atoms with Gasteiger partial charge in [0.05, 0.1) is 0 Å². The standard InChI is InChI=1S/C20H22OS/c1-3-5-11-18(4-2)22-19-14-12-17(13-15-19)20(21)16-9-7-6-8-10-16/h3,5-7,10-15H,4,8-9H2,1-2H3. The van der Waals surface area contributed by atoms with Crippen molar-refractivity contribution >= 4 is 17.5 Å². The molecule has 1 aromatic carbocycles. The summed E-state index contributed by atoms with van der Waals surface area (Å²) in [6.45, 7) is 4.17. The lowest BCUT2D eigenvalue weighted by Gasteiger charge is -2.09. The Bertz CT molecular complexity index is 630. The SMILES string of the molecule is CC=CC=C(CC)Sc1ccc(C(=O)C2=CCC=CC2)cc1. The Morgan fingerprint density at radius 3 is 2.59 bits per heavy atom. The summed E-state index contributed by atoms with van der Waals surface area (Å²) in [4.78, 5) is 14.9. The maximum Gasteiger partial charge on any atom is 0.189 e. The summed E-state index contributed by atoms with van der Waals surface area (Å²) in [5.41, 5.74) is 1.69. The molecule has 1 aliphatic rings. The number of benzene rings is 1. The van der Waals surface area contributed by atoms with Gasteiger partial charge in [-0.15, -0.1) is 0 Å². The van der Waals surface area contributed by atoms with Crippen molar-refractivity contribution in [3.05, 3.63) is 76.8 Å². The van der Waals surface area contributed by atoms with Crippen molar-refractivity contribution < 1.29 is 4.79 Å². The number of thioether (sulfide) groups is 1. The van der Waals surface area contributed by atoms with E-state index in [4.69, 9.17) is 0 Å². The molecule has 0 saturated heterocycles. The zero-order valence-electron chi connectivity index (χ0n) is 13.2. The van der Waals surface area contributed by atoms with Gasteiger partial charge in [0.1, 0.15) is 0 Å². The fourth-order valence-electron chi connectivity index (χ4n) is 2.22.